The smallest absolute Gasteiger partial charge is 0.245 e. The van der Waals surface area contributed by atoms with Crippen LogP contribution in [-0.4, -0.2) is 35.8 Å². The number of amides is 2. The van der Waals surface area contributed by atoms with Crippen LogP contribution >= 0.6 is 0 Å². The van der Waals surface area contributed by atoms with Crippen LogP contribution < -0.4 is 5.32 Å². The van der Waals surface area contributed by atoms with Crippen LogP contribution in [0.25, 0.3) is 0 Å². The number of carbonyl (C=O) groups is 2. The summed E-state index contributed by atoms with van der Waals surface area (Å²) in [5.41, 5.74) is 1.18. The predicted octanol–water partition coefficient (Wildman–Crippen LogP) is 0.576. The number of carbonyl (C=O) groups excluding carboxylic acids is 2. The lowest BCUT2D eigenvalue weighted by Gasteiger charge is -2.30. The molecule has 1 atom stereocenters. The highest BCUT2D eigenvalue weighted by molar-refractivity contribution is 5.94. The minimum absolute atomic E-state index is 0.000492. The molecule has 2 amide bonds. The van der Waals surface area contributed by atoms with Crippen LogP contribution in [0.1, 0.15) is 12.5 Å². The quantitative estimate of drug-likeness (QED) is 0.828. The molecule has 90 valence electrons. The van der Waals surface area contributed by atoms with Crippen LogP contribution in [0.2, 0.25) is 0 Å². The van der Waals surface area contributed by atoms with Crippen molar-refractivity contribution in [3.8, 4) is 0 Å². The Kier molecular flexibility index (Phi) is 3.42. The monoisotopic (exact) mass is 232 g/mol. The van der Waals surface area contributed by atoms with Crippen molar-refractivity contribution in [1.82, 2.24) is 10.2 Å². The van der Waals surface area contributed by atoms with E-state index in [1.54, 1.807) is 11.8 Å². The lowest BCUT2D eigenvalue weighted by molar-refractivity contribution is -0.143. The summed E-state index contributed by atoms with van der Waals surface area (Å²) in [6.07, 6.45) is 0.784. The molecule has 0 bridgehead atoms. The molecule has 4 heteroatoms. The number of hydrogen-bond donors (Lipinski definition) is 1. The normalized spacial score (nSPS) is 20.3. The molecular weight excluding hydrogens is 216 g/mol. The third-order valence-electron chi connectivity index (χ3n) is 2.91. The first-order valence-corrected chi connectivity index (χ1v) is 5.79. The molecule has 0 unspecified atom stereocenters. The van der Waals surface area contributed by atoms with E-state index in [-0.39, 0.29) is 18.4 Å². The molecule has 0 aromatic heterocycles. The molecule has 0 radical (unpaired) electrons. The molecule has 1 fully saturated rings. The zero-order valence-corrected chi connectivity index (χ0v) is 9.85. The predicted molar refractivity (Wildman–Crippen MR) is 64.3 cm³/mol. The molecule has 1 heterocycles. The zero-order valence-electron chi connectivity index (χ0n) is 9.85. The van der Waals surface area contributed by atoms with Crippen LogP contribution in [0.15, 0.2) is 30.3 Å². The second kappa shape index (κ2) is 4.99. The second-order valence-electron chi connectivity index (χ2n) is 4.28. The maximum atomic E-state index is 11.8. The highest BCUT2D eigenvalue weighted by Gasteiger charge is 2.28. The number of piperazine rings is 1. The fourth-order valence-electron chi connectivity index (χ4n) is 1.97. The minimum Gasteiger partial charge on any atom is -0.343 e. The first kappa shape index (κ1) is 11.6. The van der Waals surface area contributed by atoms with Gasteiger partial charge in [-0.15, -0.1) is 0 Å². The van der Waals surface area contributed by atoms with Crippen molar-refractivity contribution in [3.05, 3.63) is 35.9 Å². The SMILES string of the molecule is C[C@@H]1NC(=O)CN(CCc2ccccc2)C1=O. The average Bonchev–Trinajstić information content (AvgIpc) is 2.33. The first-order valence-electron chi connectivity index (χ1n) is 5.79. The first-order chi connectivity index (χ1) is 8.16. The molecule has 1 aliphatic heterocycles. The molecule has 17 heavy (non-hydrogen) atoms. The van der Waals surface area contributed by atoms with Gasteiger partial charge < -0.3 is 10.2 Å². The standard InChI is InChI=1S/C13H16N2O2/c1-10-13(17)15(9-12(16)14-10)8-7-11-5-3-2-4-6-11/h2-6,10H,7-9H2,1H3,(H,14,16)/t10-/m0/s1. The Labute approximate surface area is 101 Å². The fraction of sp³-hybridized carbons (Fsp3) is 0.385. The van der Waals surface area contributed by atoms with E-state index in [1.807, 2.05) is 30.3 Å². The molecule has 1 N–H and O–H groups in total. The summed E-state index contributed by atoms with van der Waals surface area (Å²) in [5, 5.41) is 2.63. The summed E-state index contributed by atoms with van der Waals surface area (Å²) in [5.74, 6) is -0.0781. The van der Waals surface area contributed by atoms with Gasteiger partial charge in [0.2, 0.25) is 11.8 Å². The van der Waals surface area contributed by atoms with Gasteiger partial charge in [0, 0.05) is 6.54 Å². The van der Waals surface area contributed by atoms with Crippen LogP contribution in [0, 0.1) is 0 Å². The van der Waals surface area contributed by atoms with Gasteiger partial charge >= 0.3 is 0 Å². The summed E-state index contributed by atoms with van der Waals surface area (Å²) >= 11 is 0. The summed E-state index contributed by atoms with van der Waals surface area (Å²) in [4.78, 5) is 24.8. The van der Waals surface area contributed by atoms with Crippen molar-refractivity contribution in [2.75, 3.05) is 13.1 Å². The Balaban J connectivity index is 1.94. The summed E-state index contributed by atoms with van der Waals surface area (Å²) in [6.45, 7) is 2.49. The molecule has 0 saturated carbocycles. The molecule has 1 aliphatic rings. The van der Waals surface area contributed by atoms with E-state index in [0.717, 1.165) is 6.42 Å². The maximum absolute atomic E-state index is 11.8. The Hall–Kier alpha value is -1.84. The van der Waals surface area contributed by atoms with E-state index >= 15 is 0 Å². The van der Waals surface area contributed by atoms with E-state index in [1.165, 1.54) is 5.56 Å². The largest absolute Gasteiger partial charge is 0.343 e. The number of nitrogens with one attached hydrogen (secondary N) is 1. The topological polar surface area (TPSA) is 49.4 Å². The Morgan fingerprint density at radius 3 is 2.71 bits per heavy atom. The number of rotatable bonds is 3. The van der Waals surface area contributed by atoms with Crippen LogP contribution in [0.3, 0.4) is 0 Å². The van der Waals surface area contributed by atoms with Gasteiger partial charge in [0.25, 0.3) is 0 Å². The van der Waals surface area contributed by atoms with E-state index in [9.17, 15) is 9.59 Å². The lowest BCUT2D eigenvalue weighted by atomic mass is 10.1. The average molecular weight is 232 g/mol. The highest BCUT2D eigenvalue weighted by atomic mass is 16.2. The van der Waals surface area contributed by atoms with Gasteiger partial charge in [-0.25, -0.2) is 0 Å². The van der Waals surface area contributed by atoms with E-state index in [2.05, 4.69) is 5.32 Å². The van der Waals surface area contributed by atoms with Gasteiger partial charge in [-0.1, -0.05) is 30.3 Å². The van der Waals surface area contributed by atoms with Crippen molar-refractivity contribution in [1.29, 1.82) is 0 Å². The molecule has 4 nitrogen and oxygen atoms in total. The molecule has 1 saturated heterocycles. The Morgan fingerprint density at radius 1 is 1.29 bits per heavy atom. The van der Waals surface area contributed by atoms with Crippen LogP contribution in [0.4, 0.5) is 0 Å². The maximum Gasteiger partial charge on any atom is 0.245 e. The van der Waals surface area contributed by atoms with Crippen molar-refractivity contribution in [2.45, 2.75) is 19.4 Å². The number of nitrogens with zero attached hydrogens (tertiary/aromatic N) is 1. The molecular formula is C13H16N2O2. The summed E-state index contributed by atoms with van der Waals surface area (Å²) in [6, 6.07) is 9.57. The third kappa shape index (κ3) is 2.84. The molecule has 2 rings (SSSR count). The minimum atomic E-state index is -0.396. The third-order valence-corrected chi connectivity index (χ3v) is 2.91. The van der Waals surface area contributed by atoms with Gasteiger partial charge in [0.1, 0.15) is 6.04 Å². The Morgan fingerprint density at radius 2 is 2.00 bits per heavy atom. The Bertz CT molecular complexity index is 417. The van der Waals surface area contributed by atoms with Gasteiger partial charge in [-0.05, 0) is 18.9 Å². The van der Waals surface area contributed by atoms with Crippen molar-refractivity contribution in [3.63, 3.8) is 0 Å². The summed E-state index contributed by atoms with van der Waals surface area (Å²) in [7, 11) is 0. The van der Waals surface area contributed by atoms with E-state index in [0.29, 0.717) is 6.54 Å². The highest BCUT2D eigenvalue weighted by Crippen LogP contribution is 2.05. The molecule has 0 spiro atoms. The summed E-state index contributed by atoms with van der Waals surface area (Å²) < 4.78 is 0. The lowest BCUT2D eigenvalue weighted by Crippen LogP contribution is -2.57. The van der Waals surface area contributed by atoms with Gasteiger partial charge in [-0.2, -0.15) is 0 Å². The van der Waals surface area contributed by atoms with E-state index in [4.69, 9.17) is 0 Å². The second-order valence-corrected chi connectivity index (χ2v) is 4.28. The molecule has 1 aromatic carbocycles. The van der Waals surface area contributed by atoms with Crippen LogP contribution in [-0.2, 0) is 16.0 Å². The molecule has 1 aromatic rings. The number of benzene rings is 1. The fourth-order valence-corrected chi connectivity index (χ4v) is 1.97. The van der Waals surface area contributed by atoms with Gasteiger partial charge in [0.05, 0.1) is 6.54 Å². The van der Waals surface area contributed by atoms with Gasteiger partial charge in [-0.3, -0.25) is 9.59 Å². The van der Waals surface area contributed by atoms with E-state index < -0.39 is 6.04 Å². The number of hydrogen-bond acceptors (Lipinski definition) is 2. The zero-order chi connectivity index (χ0) is 12.3. The molecule has 0 aliphatic carbocycles. The van der Waals surface area contributed by atoms with Gasteiger partial charge in [0.15, 0.2) is 0 Å². The van der Waals surface area contributed by atoms with Crippen molar-refractivity contribution in [2.24, 2.45) is 0 Å². The van der Waals surface area contributed by atoms with Crippen molar-refractivity contribution >= 4 is 11.8 Å². The van der Waals surface area contributed by atoms with Crippen LogP contribution in [0.5, 0.6) is 0 Å². The van der Waals surface area contributed by atoms with Crippen molar-refractivity contribution < 1.29 is 9.59 Å².